The van der Waals surface area contributed by atoms with E-state index in [4.69, 9.17) is 4.74 Å². The number of amides is 1. The van der Waals surface area contributed by atoms with Crippen molar-refractivity contribution in [3.63, 3.8) is 0 Å². The summed E-state index contributed by atoms with van der Waals surface area (Å²) in [6.07, 6.45) is 1.19. The van der Waals surface area contributed by atoms with Gasteiger partial charge in [-0.2, -0.15) is 0 Å². The van der Waals surface area contributed by atoms with Crippen molar-refractivity contribution in [2.24, 2.45) is 0 Å². The first-order chi connectivity index (χ1) is 7.70. The van der Waals surface area contributed by atoms with Gasteiger partial charge in [-0.05, 0) is 13.8 Å². The molecule has 0 aliphatic heterocycles. The van der Waals surface area contributed by atoms with E-state index in [1.165, 1.54) is 6.26 Å². The molecule has 0 atom stereocenters. The van der Waals surface area contributed by atoms with Crippen LogP contribution in [0.3, 0.4) is 0 Å². The van der Waals surface area contributed by atoms with Gasteiger partial charge >= 0.3 is 0 Å². The quantitative estimate of drug-likeness (QED) is 0.560. The highest BCUT2D eigenvalue weighted by molar-refractivity contribution is 7.92. The largest absolute Gasteiger partial charge is 0.383 e. The fourth-order valence-corrected chi connectivity index (χ4v) is 1.33. The van der Waals surface area contributed by atoms with Crippen molar-refractivity contribution in [2.75, 3.05) is 39.6 Å². The molecule has 0 spiro atoms. The molecule has 0 heterocycles. The summed E-state index contributed by atoms with van der Waals surface area (Å²) >= 11 is 0. The zero-order valence-electron chi connectivity index (χ0n) is 10.9. The van der Waals surface area contributed by atoms with Crippen LogP contribution >= 0.6 is 0 Å². The van der Waals surface area contributed by atoms with E-state index in [2.05, 4.69) is 10.6 Å². The molecule has 0 unspecified atom stereocenters. The number of rotatable bonds is 8. The smallest absolute Gasteiger partial charge is 0.234 e. The summed E-state index contributed by atoms with van der Waals surface area (Å²) in [5.74, 6) is -0.175. The highest BCUT2D eigenvalue weighted by Gasteiger charge is 2.29. The number of hydrogen-bond donors (Lipinski definition) is 2. The van der Waals surface area contributed by atoms with Gasteiger partial charge in [0.1, 0.15) is 0 Å². The second-order valence-corrected chi connectivity index (χ2v) is 7.13. The number of ether oxygens (including phenoxy) is 1. The highest BCUT2D eigenvalue weighted by Crippen LogP contribution is 2.12. The summed E-state index contributed by atoms with van der Waals surface area (Å²) in [6, 6.07) is 0. The van der Waals surface area contributed by atoms with E-state index >= 15 is 0 Å². The molecule has 0 aliphatic rings. The molecule has 0 aliphatic carbocycles. The first-order valence-corrected chi connectivity index (χ1v) is 7.26. The molecule has 0 saturated carbocycles. The topological polar surface area (TPSA) is 84.5 Å². The van der Waals surface area contributed by atoms with Crippen LogP contribution in [0.25, 0.3) is 0 Å². The van der Waals surface area contributed by atoms with Crippen molar-refractivity contribution in [3.05, 3.63) is 0 Å². The van der Waals surface area contributed by atoms with Crippen LogP contribution in [0.2, 0.25) is 0 Å². The van der Waals surface area contributed by atoms with Crippen molar-refractivity contribution in [3.8, 4) is 0 Å². The first kappa shape index (κ1) is 16.3. The Bertz CT molecular complexity index is 338. The molecular weight excluding hydrogens is 244 g/mol. The normalized spacial score (nSPS) is 12.5. The monoisotopic (exact) mass is 266 g/mol. The molecule has 0 aromatic carbocycles. The SMILES string of the molecule is COCCNC(=O)CNCC(C)(C)S(C)(=O)=O. The van der Waals surface area contributed by atoms with E-state index < -0.39 is 14.6 Å². The molecule has 0 aromatic heterocycles. The van der Waals surface area contributed by atoms with Gasteiger partial charge in [-0.25, -0.2) is 8.42 Å². The summed E-state index contributed by atoms with van der Waals surface area (Å²) in [4.78, 5) is 11.3. The number of nitrogens with one attached hydrogen (secondary N) is 2. The lowest BCUT2D eigenvalue weighted by Gasteiger charge is -2.22. The number of hydrogen-bond acceptors (Lipinski definition) is 5. The average Bonchev–Trinajstić information content (AvgIpc) is 2.16. The van der Waals surface area contributed by atoms with Gasteiger partial charge in [0.2, 0.25) is 5.91 Å². The minimum Gasteiger partial charge on any atom is -0.383 e. The molecule has 0 aromatic rings. The van der Waals surface area contributed by atoms with Crippen molar-refractivity contribution >= 4 is 15.7 Å². The van der Waals surface area contributed by atoms with E-state index in [9.17, 15) is 13.2 Å². The third-order valence-electron chi connectivity index (χ3n) is 2.47. The maximum atomic E-state index is 11.4. The molecule has 2 N–H and O–H groups in total. The molecule has 0 bridgehead atoms. The molecule has 6 nitrogen and oxygen atoms in total. The van der Waals surface area contributed by atoms with E-state index in [0.717, 1.165) is 0 Å². The molecule has 1 amide bonds. The predicted octanol–water partition coefficient (Wildman–Crippen LogP) is -0.838. The Labute approximate surface area is 103 Å². The average molecular weight is 266 g/mol. The summed E-state index contributed by atoms with van der Waals surface area (Å²) in [6.45, 7) is 4.50. The summed E-state index contributed by atoms with van der Waals surface area (Å²) in [5, 5.41) is 5.46. The van der Waals surface area contributed by atoms with Crippen molar-refractivity contribution in [2.45, 2.75) is 18.6 Å². The van der Waals surface area contributed by atoms with Gasteiger partial charge in [-0.1, -0.05) is 0 Å². The van der Waals surface area contributed by atoms with Gasteiger partial charge in [0.05, 0.1) is 17.9 Å². The molecule has 0 saturated heterocycles. The highest BCUT2D eigenvalue weighted by atomic mass is 32.2. The Morgan fingerprint density at radius 2 is 1.94 bits per heavy atom. The maximum Gasteiger partial charge on any atom is 0.234 e. The van der Waals surface area contributed by atoms with Crippen LogP contribution < -0.4 is 10.6 Å². The van der Waals surface area contributed by atoms with Gasteiger partial charge < -0.3 is 15.4 Å². The Kier molecular flexibility index (Phi) is 6.66. The molecule has 0 fully saturated rings. The van der Waals surface area contributed by atoms with Crippen LogP contribution in [-0.2, 0) is 19.4 Å². The second kappa shape index (κ2) is 6.93. The zero-order valence-corrected chi connectivity index (χ0v) is 11.7. The van der Waals surface area contributed by atoms with Crippen LogP contribution in [0.5, 0.6) is 0 Å². The molecule has 102 valence electrons. The van der Waals surface area contributed by atoms with E-state index in [1.54, 1.807) is 21.0 Å². The van der Waals surface area contributed by atoms with Gasteiger partial charge in [0.15, 0.2) is 9.84 Å². The molecule has 17 heavy (non-hydrogen) atoms. The number of carbonyl (C=O) groups excluding carboxylic acids is 1. The third kappa shape index (κ3) is 6.60. The van der Waals surface area contributed by atoms with Gasteiger partial charge in [0, 0.05) is 26.5 Å². The standard InChI is InChI=1S/C10H22N2O4S/c1-10(2,17(4,14)15)8-11-7-9(13)12-5-6-16-3/h11H,5-8H2,1-4H3,(H,12,13). The van der Waals surface area contributed by atoms with Crippen LogP contribution in [0.1, 0.15) is 13.8 Å². The van der Waals surface area contributed by atoms with Crippen molar-refractivity contribution in [1.82, 2.24) is 10.6 Å². The zero-order chi connectivity index (χ0) is 13.5. The summed E-state index contributed by atoms with van der Waals surface area (Å²) < 4.78 is 26.7. The fraction of sp³-hybridized carbons (Fsp3) is 0.900. The van der Waals surface area contributed by atoms with Crippen LogP contribution in [0.4, 0.5) is 0 Å². The third-order valence-corrected chi connectivity index (χ3v) is 4.62. The minimum absolute atomic E-state index is 0.0999. The van der Waals surface area contributed by atoms with E-state index in [-0.39, 0.29) is 19.0 Å². The summed E-state index contributed by atoms with van der Waals surface area (Å²) in [7, 11) is -1.58. The predicted molar refractivity (Wildman–Crippen MR) is 66.7 cm³/mol. The summed E-state index contributed by atoms with van der Waals surface area (Å²) in [5.41, 5.74) is 0. The van der Waals surface area contributed by atoms with Crippen LogP contribution in [0.15, 0.2) is 0 Å². The lowest BCUT2D eigenvalue weighted by atomic mass is 10.2. The molecule has 0 rings (SSSR count). The Hall–Kier alpha value is -0.660. The molecular formula is C10H22N2O4S. The molecule has 7 heteroatoms. The van der Waals surface area contributed by atoms with Gasteiger partial charge in [-0.3, -0.25) is 4.79 Å². The van der Waals surface area contributed by atoms with Gasteiger partial charge in [-0.15, -0.1) is 0 Å². The van der Waals surface area contributed by atoms with Crippen LogP contribution in [-0.4, -0.2) is 58.7 Å². The Morgan fingerprint density at radius 3 is 2.41 bits per heavy atom. The van der Waals surface area contributed by atoms with Crippen LogP contribution in [0, 0.1) is 0 Å². The maximum absolute atomic E-state index is 11.4. The fourth-order valence-electron chi connectivity index (χ4n) is 0.963. The lowest BCUT2D eigenvalue weighted by Crippen LogP contribution is -2.45. The lowest BCUT2D eigenvalue weighted by molar-refractivity contribution is -0.120. The number of sulfone groups is 1. The second-order valence-electron chi connectivity index (χ2n) is 4.48. The molecule has 0 radical (unpaired) electrons. The minimum atomic E-state index is -3.14. The Morgan fingerprint density at radius 1 is 1.35 bits per heavy atom. The van der Waals surface area contributed by atoms with Crippen molar-refractivity contribution < 1.29 is 17.9 Å². The first-order valence-electron chi connectivity index (χ1n) is 5.36. The van der Waals surface area contributed by atoms with E-state index in [1.807, 2.05) is 0 Å². The number of carbonyl (C=O) groups is 1. The number of methoxy groups -OCH3 is 1. The van der Waals surface area contributed by atoms with Gasteiger partial charge in [0.25, 0.3) is 0 Å². The Balaban J connectivity index is 3.88. The van der Waals surface area contributed by atoms with Crippen molar-refractivity contribution in [1.29, 1.82) is 0 Å². The van der Waals surface area contributed by atoms with E-state index in [0.29, 0.717) is 13.2 Å².